The van der Waals surface area contributed by atoms with E-state index in [0.29, 0.717) is 16.6 Å². The minimum atomic E-state index is -0.864. The number of carbonyl (C=O) groups is 1. The highest BCUT2D eigenvalue weighted by atomic mass is 32.2. The number of aromatic carboxylic acids is 1. The van der Waals surface area contributed by atoms with Gasteiger partial charge in [-0.2, -0.15) is 11.8 Å². The lowest BCUT2D eigenvalue weighted by molar-refractivity contribution is 0.0700. The van der Waals surface area contributed by atoms with Crippen molar-refractivity contribution in [2.24, 2.45) is 0 Å². The van der Waals surface area contributed by atoms with Crippen LogP contribution in [0.1, 0.15) is 41.6 Å². The van der Waals surface area contributed by atoms with E-state index >= 15 is 0 Å². The first-order valence-corrected chi connectivity index (χ1v) is 8.02. The molecule has 4 nitrogen and oxygen atoms in total. The molecule has 6 heteroatoms. The molecule has 2 heterocycles. The molecule has 1 saturated heterocycles. The standard InChI is InChI=1S/C12H18N2O2S2/c1-7(2)9-10(11(15)16)18-12(13-9)14(3)8-4-5-17-6-8/h7-8H,4-6H2,1-3H3,(H,15,16). The van der Waals surface area contributed by atoms with Gasteiger partial charge < -0.3 is 10.0 Å². The summed E-state index contributed by atoms with van der Waals surface area (Å²) in [6.45, 7) is 3.97. The van der Waals surface area contributed by atoms with E-state index < -0.39 is 5.97 Å². The average Bonchev–Trinajstić information content (AvgIpc) is 2.97. The first-order valence-electron chi connectivity index (χ1n) is 6.05. The van der Waals surface area contributed by atoms with Crippen LogP contribution in [0.15, 0.2) is 0 Å². The molecule has 2 rings (SSSR count). The second-order valence-electron chi connectivity index (χ2n) is 4.80. The van der Waals surface area contributed by atoms with Gasteiger partial charge in [0, 0.05) is 18.8 Å². The molecular weight excluding hydrogens is 268 g/mol. The van der Waals surface area contributed by atoms with Crippen LogP contribution in [-0.4, -0.2) is 40.7 Å². The van der Waals surface area contributed by atoms with Gasteiger partial charge in [-0.1, -0.05) is 25.2 Å². The topological polar surface area (TPSA) is 53.4 Å². The molecule has 0 aliphatic carbocycles. The van der Waals surface area contributed by atoms with Crippen LogP contribution in [0, 0.1) is 0 Å². The van der Waals surface area contributed by atoms with Crippen molar-refractivity contribution in [3.05, 3.63) is 10.6 Å². The lowest BCUT2D eigenvalue weighted by Gasteiger charge is -2.22. The fourth-order valence-electron chi connectivity index (χ4n) is 2.00. The molecule has 1 atom stereocenters. The zero-order chi connectivity index (χ0) is 13.3. The Morgan fingerprint density at radius 1 is 1.56 bits per heavy atom. The first kappa shape index (κ1) is 13.7. The van der Waals surface area contributed by atoms with Gasteiger partial charge in [0.2, 0.25) is 0 Å². The van der Waals surface area contributed by atoms with Crippen molar-refractivity contribution >= 4 is 34.2 Å². The van der Waals surface area contributed by atoms with Gasteiger partial charge in [-0.25, -0.2) is 9.78 Å². The summed E-state index contributed by atoms with van der Waals surface area (Å²) in [5, 5.41) is 10.1. The number of carboxylic acids is 1. The molecule has 18 heavy (non-hydrogen) atoms. The Morgan fingerprint density at radius 3 is 2.72 bits per heavy atom. The number of hydrogen-bond donors (Lipinski definition) is 1. The largest absolute Gasteiger partial charge is 0.477 e. The molecule has 0 spiro atoms. The molecule has 1 aromatic heterocycles. The molecule has 0 bridgehead atoms. The van der Waals surface area contributed by atoms with Gasteiger partial charge in [-0.3, -0.25) is 0 Å². The van der Waals surface area contributed by atoms with Crippen LogP contribution in [0.4, 0.5) is 5.13 Å². The number of nitrogens with zero attached hydrogens (tertiary/aromatic N) is 2. The van der Waals surface area contributed by atoms with E-state index in [-0.39, 0.29) is 5.92 Å². The Balaban J connectivity index is 2.28. The van der Waals surface area contributed by atoms with Crippen LogP contribution in [0.25, 0.3) is 0 Å². The maximum absolute atomic E-state index is 11.2. The fraction of sp³-hybridized carbons (Fsp3) is 0.667. The van der Waals surface area contributed by atoms with Gasteiger partial charge in [-0.05, 0) is 18.1 Å². The monoisotopic (exact) mass is 286 g/mol. The Bertz CT molecular complexity index is 439. The third-order valence-corrected chi connectivity index (χ3v) is 5.43. The first-order chi connectivity index (χ1) is 8.50. The van der Waals surface area contributed by atoms with E-state index in [1.807, 2.05) is 32.7 Å². The summed E-state index contributed by atoms with van der Waals surface area (Å²) in [4.78, 5) is 18.3. The molecule has 1 N–H and O–H groups in total. The molecule has 1 unspecified atom stereocenters. The Hall–Kier alpha value is -0.750. The predicted molar refractivity (Wildman–Crippen MR) is 77.3 cm³/mol. The number of thioether (sulfide) groups is 1. The summed E-state index contributed by atoms with van der Waals surface area (Å²) in [5.41, 5.74) is 0.708. The van der Waals surface area contributed by atoms with Crippen molar-refractivity contribution in [2.75, 3.05) is 23.5 Å². The molecular formula is C12H18N2O2S2. The number of aromatic nitrogens is 1. The van der Waals surface area contributed by atoms with Crippen molar-refractivity contribution in [3.8, 4) is 0 Å². The van der Waals surface area contributed by atoms with E-state index in [2.05, 4.69) is 9.88 Å². The summed E-state index contributed by atoms with van der Waals surface area (Å²) >= 11 is 3.24. The highest BCUT2D eigenvalue weighted by Gasteiger charge is 2.26. The zero-order valence-electron chi connectivity index (χ0n) is 10.8. The molecule has 100 valence electrons. The third-order valence-electron chi connectivity index (χ3n) is 3.14. The molecule has 1 aliphatic rings. The Morgan fingerprint density at radius 2 is 2.28 bits per heavy atom. The highest BCUT2D eigenvalue weighted by Crippen LogP contribution is 2.33. The van der Waals surface area contributed by atoms with Gasteiger partial charge >= 0.3 is 5.97 Å². The zero-order valence-corrected chi connectivity index (χ0v) is 12.5. The summed E-state index contributed by atoms with van der Waals surface area (Å²) in [5.74, 6) is 1.57. The molecule has 0 radical (unpaired) electrons. The van der Waals surface area contributed by atoms with Gasteiger partial charge in [0.15, 0.2) is 5.13 Å². The summed E-state index contributed by atoms with van der Waals surface area (Å²) in [6.07, 6.45) is 1.15. The summed E-state index contributed by atoms with van der Waals surface area (Å²) in [6, 6.07) is 0.489. The third kappa shape index (κ3) is 2.64. The van der Waals surface area contributed by atoms with Gasteiger partial charge in [0.05, 0.1) is 5.69 Å². The summed E-state index contributed by atoms with van der Waals surface area (Å²) in [7, 11) is 2.02. The van der Waals surface area contributed by atoms with E-state index in [0.717, 1.165) is 17.3 Å². The van der Waals surface area contributed by atoms with Crippen LogP contribution in [-0.2, 0) is 0 Å². The van der Waals surface area contributed by atoms with Crippen molar-refractivity contribution < 1.29 is 9.90 Å². The van der Waals surface area contributed by atoms with Gasteiger partial charge in [-0.15, -0.1) is 0 Å². The van der Waals surface area contributed by atoms with Crippen LogP contribution in [0.5, 0.6) is 0 Å². The van der Waals surface area contributed by atoms with Crippen molar-refractivity contribution in [2.45, 2.75) is 32.2 Å². The van der Waals surface area contributed by atoms with Gasteiger partial charge in [0.25, 0.3) is 0 Å². The van der Waals surface area contributed by atoms with E-state index in [4.69, 9.17) is 0 Å². The van der Waals surface area contributed by atoms with E-state index in [1.165, 1.54) is 17.1 Å². The van der Waals surface area contributed by atoms with Gasteiger partial charge in [0.1, 0.15) is 4.88 Å². The molecule has 1 aliphatic heterocycles. The maximum atomic E-state index is 11.2. The minimum Gasteiger partial charge on any atom is -0.477 e. The highest BCUT2D eigenvalue weighted by molar-refractivity contribution is 7.99. The van der Waals surface area contributed by atoms with Crippen molar-refractivity contribution in [1.82, 2.24) is 4.98 Å². The quantitative estimate of drug-likeness (QED) is 0.922. The smallest absolute Gasteiger partial charge is 0.347 e. The lowest BCUT2D eigenvalue weighted by atomic mass is 10.1. The van der Waals surface area contributed by atoms with Crippen LogP contribution >= 0.6 is 23.1 Å². The molecule has 1 aromatic rings. The maximum Gasteiger partial charge on any atom is 0.347 e. The molecule has 0 amide bonds. The number of hydrogen-bond acceptors (Lipinski definition) is 5. The lowest BCUT2D eigenvalue weighted by Crippen LogP contribution is -2.31. The number of thiazole rings is 1. The second kappa shape index (κ2) is 5.48. The summed E-state index contributed by atoms with van der Waals surface area (Å²) < 4.78 is 0. The number of anilines is 1. The fourth-order valence-corrected chi connectivity index (χ4v) is 4.36. The minimum absolute atomic E-state index is 0.146. The molecule has 0 saturated carbocycles. The van der Waals surface area contributed by atoms with E-state index in [1.54, 1.807) is 0 Å². The van der Waals surface area contributed by atoms with Crippen molar-refractivity contribution in [1.29, 1.82) is 0 Å². The second-order valence-corrected chi connectivity index (χ2v) is 6.93. The Kier molecular flexibility index (Phi) is 4.17. The normalized spacial score (nSPS) is 19.4. The van der Waals surface area contributed by atoms with Crippen LogP contribution in [0.3, 0.4) is 0 Å². The van der Waals surface area contributed by atoms with Crippen LogP contribution in [0.2, 0.25) is 0 Å². The van der Waals surface area contributed by atoms with Crippen LogP contribution < -0.4 is 4.90 Å². The molecule has 0 aromatic carbocycles. The number of rotatable bonds is 4. The average molecular weight is 286 g/mol. The van der Waals surface area contributed by atoms with Crippen molar-refractivity contribution in [3.63, 3.8) is 0 Å². The number of carboxylic acid groups (broad SMARTS) is 1. The Labute approximate surface area is 115 Å². The van der Waals surface area contributed by atoms with E-state index in [9.17, 15) is 9.90 Å². The molecule has 1 fully saturated rings. The SMILES string of the molecule is CC(C)c1nc(N(C)C2CCSC2)sc1C(=O)O. The predicted octanol–water partition coefficient (Wildman–Crippen LogP) is 2.91.